The van der Waals surface area contributed by atoms with Gasteiger partial charge in [-0.25, -0.2) is 4.98 Å². The fourth-order valence-electron chi connectivity index (χ4n) is 4.58. The Morgan fingerprint density at radius 2 is 1.79 bits per heavy atom. The Kier molecular flexibility index (Phi) is 10.2. The Balaban J connectivity index is 1.62. The first-order valence-corrected chi connectivity index (χ1v) is 14.0. The molecule has 212 valence electrons. The van der Waals surface area contributed by atoms with Crippen molar-refractivity contribution >= 4 is 35.0 Å². The van der Waals surface area contributed by atoms with E-state index in [1.165, 1.54) is 4.90 Å². The normalized spacial score (nSPS) is 18.0. The van der Waals surface area contributed by atoms with Crippen LogP contribution in [0, 0.1) is 12.3 Å². The van der Waals surface area contributed by atoms with Gasteiger partial charge in [-0.1, -0.05) is 45.0 Å². The third-order valence-electron chi connectivity index (χ3n) is 6.76. The zero-order chi connectivity index (χ0) is 28.7. The number of nitrogens with one attached hydrogen (secondary N) is 2. The lowest BCUT2D eigenvalue weighted by molar-refractivity contribution is -0.144. The number of carboxylic acid groups (broad SMARTS) is 1. The Morgan fingerprint density at radius 1 is 1.13 bits per heavy atom. The van der Waals surface area contributed by atoms with Gasteiger partial charge in [0.15, 0.2) is 0 Å². The quantitative estimate of drug-likeness (QED) is 0.310. The summed E-state index contributed by atoms with van der Waals surface area (Å²) in [7, 11) is 0. The molecule has 39 heavy (non-hydrogen) atoms. The number of rotatable bonds is 11. The Hall–Kier alpha value is -3.31. The van der Waals surface area contributed by atoms with Crippen LogP contribution in [0.15, 0.2) is 29.8 Å². The van der Waals surface area contributed by atoms with Crippen LogP contribution >= 0.6 is 11.3 Å². The van der Waals surface area contributed by atoms with E-state index in [9.17, 15) is 24.3 Å². The number of aliphatic hydroxyl groups is 1. The summed E-state index contributed by atoms with van der Waals surface area (Å²) in [6, 6.07) is 6.06. The number of β-amino-alcohol motifs (C(OH)–C–C–N with tert-alkyl or cyclic N) is 1. The summed E-state index contributed by atoms with van der Waals surface area (Å²) in [5, 5.41) is 24.8. The van der Waals surface area contributed by atoms with E-state index in [4.69, 9.17) is 5.11 Å². The number of benzene rings is 1. The van der Waals surface area contributed by atoms with E-state index in [0.29, 0.717) is 12.8 Å². The predicted molar refractivity (Wildman–Crippen MR) is 148 cm³/mol. The number of carbonyl (C=O) groups excluding carboxylic acids is 3. The number of unbranched alkanes of at least 4 members (excludes halogenated alkanes) is 1. The Labute approximate surface area is 232 Å². The number of nitrogens with zero attached hydrogens (tertiary/aromatic N) is 2. The number of hydrogen-bond donors (Lipinski definition) is 4. The Morgan fingerprint density at radius 3 is 2.38 bits per heavy atom. The molecule has 1 saturated heterocycles. The van der Waals surface area contributed by atoms with Crippen molar-refractivity contribution < 1.29 is 29.4 Å². The highest BCUT2D eigenvalue weighted by Crippen LogP contribution is 2.28. The lowest BCUT2D eigenvalue weighted by Crippen LogP contribution is -2.57. The van der Waals surface area contributed by atoms with Gasteiger partial charge in [-0.2, -0.15) is 0 Å². The summed E-state index contributed by atoms with van der Waals surface area (Å²) < 4.78 is 0. The van der Waals surface area contributed by atoms with E-state index in [1.807, 2.05) is 52.0 Å². The molecule has 4 N–H and O–H groups in total. The minimum Gasteiger partial charge on any atom is -0.481 e. The number of hydrogen-bond acceptors (Lipinski definition) is 7. The van der Waals surface area contributed by atoms with Gasteiger partial charge in [0, 0.05) is 32.4 Å². The van der Waals surface area contributed by atoms with Crippen LogP contribution in [0.2, 0.25) is 0 Å². The van der Waals surface area contributed by atoms with Crippen LogP contribution in [0.4, 0.5) is 0 Å². The molecule has 3 atom stereocenters. The molecule has 1 aliphatic heterocycles. The highest BCUT2D eigenvalue weighted by molar-refractivity contribution is 7.13. The maximum absolute atomic E-state index is 13.6. The molecule has 3 unspecified atom stereocenters. The van der Waals surface area contributed by atoms with Crippen molar-refractivity contribution in [1.82, 2.24) is 20.5 Å². The second kappa shape index (κ2) is 13.2. The number of carbonyl (C=O) groups is 4. The molecule has 0 spiro atoms. The summed E-state index contributed by atoms with van der Waals surface area (Å²) in [4.78, 5) is 56.7. The van der Waals surface area contributed by atoms with E-state index in [-0.39, 0.29) is 44.2 Å². The van der Waals surface area contributed by atoms with Gasteiger partial charge in [-0.05, 0) is 36.3 Å². The number of carboxylic acids is 1. The molecule has 1 aromatic carbocycles. The molecule has 3 amide bonds. The maximum Gasteiger partial charge on any atom is 0.303 e. The predicted octanol–water partition coefficient (Wildman–Crippen LogP) is 2.87. The molecule has 2 heterocycles. The number of likely N-dealkylation sites (tertiary alicyclic amines) is 1. The van der Waals surface area contributed by atoms with Crippen molar-refractivity contribution in [3.8, 4) is 10.4 Å². The van der Waals surface area contributed by atoms with Crippen LogP contribution in [-0.4, -0.2) is 68.5 Å². The van der Waals surface area contributed by atoms with Gasteiger partial charge in [0.25, 0.3) is 0 Å². The summed E-state index contributed by atoms with van der Waals surface area (Å²) in [6.07, 6.45) is 0.0982. The molecule has 0 aliphatic carbocycles. The maximum atomic E-state index is 13.6. The average molecular weight is 559 g/mol. The first-order valence-electron chi connectivity index (χ1n) is 13.1. The molecule has 1 fully saturated rings. The van der Waals surface area contributed by atoms with Crippen molar-refractivity contribution in [1.29, 1.82) is 0 Å². The van der Waals surface area contributed by atoms with Gasteiger partial charge >= 0.3 is 5.97 Å². The molecule has 11 heteroatoms. The monoisotopic (exact) mass is 558 g/mol. The third-order valence-corrected chi connectivity index (χ3v) is 7.73. The van der Waals surface area contributed by atoms with Crippen LogP contribution in [-0.2, 0) is 25.7 Å². The van der Waals surface area contributed by atoms with E-state index < -0.39 is 35.5 Å². The fraction of sp³-hybridized carbons (Fsp3) is 0.536. The van der Waals surface area contributed by atoms with Crippen molar-refractivity contribution in [3.05, 3.63) is 41.0 Å². The van der Waals surface area contributed by atoms with Crippen LogP contribution in [0.1, 0.15) is 64.1 Å². The van der Waals surface area contributed by atoms with Crippen molar-refractivity contribution in [2.75, 3.05) is 6.54 Å². The van der Waals surface area contributed by atoms with Crippen LogP contribution in [0.3, 0.4) is 0 Å². The lowest BCUT2D eigenvalue weighted by Gasteiger charge is -2.35. The van der Waals surface area contributed by atoms with E-state index in [1.54, 1.807) is 16.8 Å². The van der Waals surface area contributed by atoms with Crippen LogP contribution in [0.25, 0.3) is 10.4 Å². The minimum absolute atomic E-state index is 0.000872. The standard InChI is InChI=1S/C28H38N4O6S/c1-17-24(39-16-30-17)19-11-9-18(10-12-19)14-29-26(37)21-13-20(33)15-32(21)27(38)25(28(2,3)4)31-22(34)7-5-6-8-23(35)36/h9-12,16,20-21,25,33H,5-8,13-15H2,1-4H3,(H,29,37)(H,31,34)(H,35,36). The highest BCUT2D eigenvalue weighted by atomic mass is 32.1. The fourth-order valence-corrected chi connectivity index (χ4v) is 5.39. The molecule has 2 aromatic rings. The van der Waals surface area contributed by atoms with Crippen LogP contribution in [0.5, 0.6) is 0 Å². The highest BCUT2D eigenvalue weighted by Gasteiger charge is 2.44. The van der Waals surface area contributed by atoms with Crippen molar-refractivity contribution in [2.45, 2.75) is 84.5 Å². The molecule has 3 rings (SSSR count). The second-order valence-electron chi connectivity index (χ2n) is 11.0. The summed E-state index contributed by atoms with van der Waals surface area (Å²) >= 11 is 1.57. The topological polar surface area (TPSA) is 149 Å². The smallest absolute Gasteiger partial charge is 0.303 e. The van der Waals surface area contributed by atoms with Gasteiger partial charge in [-0.15, -0.1) is 11.3 Å². The summed E-state index contributed by atoms with van der Waals surface area (Å²) in [5.41, 5.74) is 4.07. The molecule has 0 radical (unpaired) electrons. The van der Waals surface area contributed by atoms with Gasteiger partial charge < -0.3 is 25.7 Å². The average Bonchev–Trinajstić information content (AvgIpc) is 3.48. The van der Waals surface area contributed by atoms with E-state index in [2.05, 4.69) is 15.6 Å². The second-order valence-corrected chi connectivity index (χ2v) is 11.9. The number of aliphatic carboxylic acids is 1. The number of aromatic nitrogens is 1. The van der Waals surface area contributed by atoms with Gasteiger partial charge in [0.05, 0.1) is 22.2 Å². The number of amides is 3. The molecule has 0 bridgehead atoms. The number of aliphatic hydroxyl groups excluding tert-OH is 1. The molecule has 0 saturated carbocycles. The van der Waals surface area contributed by atoms with E-state index in [0.717, 1.165) is 21.7 Å². The SMILES string of the molecule is Cc1ncsc1-c1ccc(CNC(=O)C2CC(O)CN2C(=O)C(NC(=O)CCCCC(=O)O)C(C)(C)C)cc1. The van der Waals surface area contributed by atoms with Gasteiger partial charge in [0.1, 0.15) is 12.1 Å². The molecule has 1 aliphatic rings. The van der Waals surface area contributed by atoms with E-state index >= 15 is 0 Å². The number of aryl methyl sites for hydroxylation is 1. The van der Waals surface area contributed by atoms with Crippen molar-refractivity contribution in [2.24, 2.45) is 5.41 Å². The Bertz CT molecular complexity index is 1170. The molecule has 10 nitrogen and oxygen atoms in total. The molecular weight excluding hydrogens is 520 g/mol. The first-order chi connectivity index (χ1) is 18.4. The molecule has 1 aromatic heterocycles. The first kappa shape index (κ1) is 30.2. The van der Waals surface area contributed by atoms with Gasteiger partial charge in [0.2, 0.25) is 17.7 Å². The minimum atomic E-state index is -0.918. The third kappa shape index (κ3) is 8.34. The molecular formula is C28H38N4O6S. The van der Waals surface area contributed by atoms with Gasteiger partial charge in [-0.3, -0.25) is 19.2 Å². The largest absolute Gasteiger partial charge is 0.481 e. The summed E-state index contributed by atoms with van der Waals surface area (Å²) in [6.45, 7) is 7.69. The van der Waals surface area contributed by atoms with Crippen molar-refractivity contribution in [3.63, 3.8) is 0 Å². The zero-order valence-corrected chi connectivity index (χ0v) is 23.7. The number of thiazole rings is 1. The van der Waals surface area contributed by atoms with Crippen LogP contribution < -0.4 is 10.6 Å². The lowest BCUT2D eigenvalue weighted by atomic mass is 9.85. The zero-order valence-electron chi connectivity index (χ0n) is 22.9. The summed E-state index contributed by atoms with van der Waals surface area (Å²) in [5.74, 6) is -2.07.